The molecule has 2 unspecified atom stereocenters. The second-order valence-corrected chi connectivity index (χ2v) is 7.46. The number of anilines is 2. The third-order valence-electron chi connectivity index (χ3n) is 4.50. The van der Waals surface area contributed by atoms with Crippen LogP contribution in [0.3, 0.4) is 0 Å². The molecule has 0 saturated heterocycles. The molecule has 1 N–H and O–H groups in total. The highest BCUT2D eigenvalue weighted by Crippen LogP contribution is 2.43. The first-order chi connectivity index (χ1) is 12.6. The van der Waals surface area contributed by atoms with E-state index in [0.29, 0.717) is 11.3 Å². The van der Waals surface area contributed by atoms with Crippen molar-refractivity contribution in [2.75, 3.05) is 10.2 Å². The van der Waals surface area contributed by atoms with E-state index >= 15 is 0 Å². The van der Waals surface area contributed by atoms with E-state index in [1.54, 1.807) is 36.0 Å². The first-order valence-electron chi connectivity index (χ1n) is 8.45. The van der Waals surface area contributed by atoms with Crippen molar-refractivity contribution in [2.45, 2.75) is 23.1 Å². The fraction of sp³-hybridized carbons (Fsp3) is 0.143. The number of nitrogens with one attached hydrogen (secondary N) is 1. The quantitative estimate of drug-likeness (QED) is 0.773. The maximum Gasteiger partial charge on any atom is 0.326 e. The molecule has 4 nitrogen and oxygen atoms in total. The molecule has 0 spiro atoms. The number of amides is 2. The molecule has 1 heterocycles. The van der Waals surface area contributed by atoms with Gasteiger partial charge in [-0.25, -0.2) is 4.79 Å². The van der Waals surface area contributed by atoms with Crippen molar-refractivity contribution < 1.29 is 9.59 Å². The number of allylic oxidation sites excluding steroid dienone is 2. The number of thioether (sulfide) groups is 1. The van der Waals surface area contributed by atoms with Crippen LogP contribution in [-0.4, -0.2) is 23.1 Å². The van der Waals surface area contributed by atoms with Crippen LogP contribution in [0.25, 0.3) is 0 Å². The number of carbonyl (C=O) groups excluding carboxylic acids is 2. The van der Waals surface area contributed by atoms with Gasteiger partial charge in [-0.15, -0.1) is 11.8 Å². The van der Waals surface area contributed by atoms with Gasteiger partial charge in [0.05, 0.1) is 17.0 Å². The lowest BCUT2D eigenvalue weighted by molar-refractivity contribution is 0.101. The van der Waals surface area contributed by atoms with Crippen molar-refractivity contribution in [2.24, 2.45) is 0 Å². The van der Waals surface area contributed by atoms with E-state index in [2.05, 4.69) is 17.5 Å². The maximum atomic E-state index is 13.1. The maximum absolute atomic E-state index is 13.1. The molecule has 0 saturated carbocycles. The van der Waals surface area contributed by atoms with Gasteiger partial charge >= 0.3 is 6.03 Å². The molecule has 5 heteroatoms. The van der Waals surface area contributed by atoms with Crippen molar-refractivity contribution in [3.63, 3.8) is 0 Å². The predicted molar refractivity (Wildman–Crippen MR) is 106 cm³/mol. The first-order valence-corrected chi connectivity index (χ1v) is 9.33. The van der Waals surface area contributed by atoms with Gasteiger partial charge in [0.1, 0.15) is 0 Å². The highest BCUT2D eigenvalue weighted by molar-refractivity contribution is 8.00. The molecule has 130 valence electrons. The summed E-state index contributed by atoms with van der Waals surface area (Å²) in [6.45, 7) is 1.53. The Balaban J connectivity index is 1.64. The normalized spacial score (nSPS) is 20.3. The molecule has 4 rings (SSSR count). The molecule has 0 aromatic heterocycles. The molecule has 2 aromatic carbocycles. The minimum atomic E-state index is -0.178. The number of benzene rings is 2. The lowest BCUT2D eigenvalue weighted by atomic mass is 10.1. The second kappa shape index (κ2) is 6.84. The highest BCUT2D eigenvalue weighted by atomic mass is 32.2. The van der Waals surface area contributed by atoms with Crippen LogP contribution in [0.15, 0.2) is 77.7 Å². The van der Waals surface area contributed by atoms with Crippen LogP contribution in [0.1, 0.15) is 17.3 Å². The highest BCUT2D eigenvalue weighted by Gasteiger charge is 2.36. The first kappa shape index (κ1) is 16.7. The lowest BCUT2D eigenvalue weighted by Crippen LogP contribution is -2.49. The topological polar surface area (TPSA) is 49.4 Å². The van der Waals surface area contributed by atoms with E-state index in [1.807, 2.05) is 41.3 Å². The van der Waals surface area contributed by atoms with Gasteiger partial charge in [-0.05, 0) is 43.3 Å². The van der Waals surface area contributed by atoms with E-state index in [1.165, 1.54) is 6.92 Å². The van der Waals surface area contributed by atoms with Crippen molar-refractivity contribution in [1.82, 2.24) is 0 Å². The average Bonchev–Trinajstić information content (AvgIpc) is 2.66. The summed E-state index contributed by atoms with van der Waals surface area (Å²) < 4.78 is 0. The van der Waals surface area contributed by atoms with Crippen molar-refractivity contribution in [3.05, 3.63) is 78.4 Å². The summed E-state index contributed by atoms with van der Waals surface area (Å²) in [4.78, 5) is 27.4. The summed E-state index contributed by atoms with van der Waals surface area (Å²) >= 11 is 1.78. The Morgan fingerprint density at radius 3 is 2.50 bits per heavy atom. The van der Waals surface area contributed by atoms with Gasteiger partial charge in [0.2, 0.25) is 0 Å². The largest absolute Gasteiger partial charge is 0.326 e. The average molecular weight is 362 g/mol. The van der Waals surface area contributed by atoms with Gasteiger partial charge in [-0.2, -0.15) is 0 Å². The SMILES string of the molecule is CC(=O)c1ccc(NC(=O)N2c3ccccc3SC3C=CC=CC32)cc1. The third-order valence-corrected chi connectivity index (χ3v) is 5.81. The van der Waals surface area contributed by atoms with E-state index < -0.39 is 0 Å². The molecule has 1 aliphatic carbocycles. The zero-order valence-electron chi connectivity index (χ0n) is 14.3. The number of nitrogens with zero attached hydrogens (tertiary/aromatic N) is 1. The molecule has 0 fully saturated rings. The van der Waals surface area contributed by atoms with Crippen LogP contribution in [0.5, 0.6) is 0 Å². The molecule has 1 aliphatic heterocycles. The number of rotatable bonds is 2. The summed E-state index contributed by atoms with van der Waals surface area (Å²) in [5.74, 6) is 0.00633. The fourth-order valence-corrected chi connectivity index (χ4v) is 4.46. The molecule has 2 aliphatic rings. The lowest BCUT2D eigenvalue weighted by Gasteiger charge is -2.40. The summed E-state index contributed by atoms with van der Waals surface area (Å²) in [5, 5.41) is 3.16. The number of hydrogen-bond acceptors (Lipinski definition) is 3. The van der Waals surface area contributed by atoms with Gasteiger partial charge in [0, 0.05) is 16.1 Å². The Kier molecular flexibility index (Phi) is 4.39. The third kappa shape index (κ3) is 3.06. The number of Topliss-reactive ketones (excluding diaryl/α,β-unsaturated/α-hetero) is 1. The van der Waals surface area contributed by atoms with Crippen molar-refractivity contribution in [3.8, 4) is 0 Å². The van der Waals surface area contributed by atoms with Crippen molar-refractivity contribution >= 4 is 35.0 Å². The number of carbonyl (C=O) groups is 2. The second-order valence-electron chi connectivity index (χ2n) is 6.24. The summed E-state index contributed by atoms with van der Waals surface area (Å²) in [6.07, 6.45) is 8.20. The van der Waals surface area contributed by atoms with E-state index in [0.717, 1.165) is 10.6 Å². The number of para-hydroxylation sites is 1. The Hall–Kier alpha value is -2.79. The molecule has 0 radical (unpaired) electrons. The van der Waals surface area contributed by atoms with E-state index in [4.69, 9.17) is 0 Å². The van der Waals surface area contributed by atoms with Crippen LogP contribution < -0.4 is 10.2 Å². The van der Waals surface area contributed by atoms with E-state index in [-0.39, 0.29) is 23.1 Å². The minimum Gasteiger partial charge on any atom is -0.308 e. The number of hydrogen-bond donors (Lipinski definition) is 1. The summed E-state index contributed by atoms with van der Waals surface area (Å²) in [7, 11) is 0. The van der Waals surface area contributed by atoms with Gasteiger partial charge in [-0.1, -0.05) is 36.4 Å². The number of fused-ring (bicyclic) bond motifs is 2. The predicted octanol–water partition coefficient (Wildman–Crippen LogP) is 4.90. The van der Waals surface area contributed by atoms with Crippen LogP contribution in [0.4, 0.5) is 16.2 Å². The van der Waals surface area contributed by atoms with Crippen LogP contribution in [0.2, 0.25) is 0 Å². The zero-order chi connectivity index (χ0) is 18.1. The molecule has 26 heavy (non-hydrogen) atoms. The van der Waals surface area contributed by atoms with Crippen LogP contribution >= 0.6 is 11.8 Å². The van der Waals surface area contributed by atoms with Gasteiger partial charge in [0.25, 0.3) is 0 Å². The van der Waals surface area contributed by atoms with Gasteiger partial charge in [0.15, 0.2) is 5.78 Å². The van der Waals surface area contributed by atoms with Gasteiger partial charge in [-0.3, -0.25) is 9.69 Å². The van der Waals surface area contributed by atoms with Gasteiger partial charge < -0.3 is 5.32 Å². The van der Waals surface area contributed by atoms with Crippen LogP contribution in [0, 0.1) is 0 Å². The van der Waals surface area contributed by atoms with E-state index in [9.17, 15) is 9.59 Å². The standard InChI is InChI=1S/C21H18N2O2S/c1-14(24)15-10-12-16(13-11-15)22-21(25)23-17-6-2-4-8-19(17)26-20-9-5-3-7-18(20)23/h2-13,17,19H,1H3,(H,22,25). The summed E-state index contributed by atoms with van der Waals surface area (Å²) in [6, 6.07) is 14.7. The Bertz CT molecular complexity index is 918. The van der Waals surface area contributed by atoms with Crippen LogP contribution in [-0.2, 0) is 0 Å². The Morgan fingerprint density at radius 1 is 1.00 bits per heavy atom. The molecular formula is C21H18N2O2S. The number of urea groups is 1. The molecule has 2 atom stereocenters. The zero-order valence-corrected chi connectivity index (χ0v) is 15.1. The molecule has 2 aromatic rings. The Labute approximate surface area is 156 Å². The smallest absolute Gasteiger partial charge is 0.308 e. The van der Waals surface area contributed by atoms with Crippen molar-refractivity contribution in [1.29, 1.82) is 0 Å². The fourth-order valence-electron chi connectivity index (χ4n) is 3.20. The number of ketones is 1. The molecular weight excluding hydrogens is 344 g/mol. The Morgan fingerprint density at radius 2 is 1.73 bits per heavy atom. The molecule has 2 amide bonds. The minimum absolute atomic E-state index is 0.00633. The molecule has 0 bridgehead atoms. The monoisotopic (exact) mass is 362 g/mol. The summed E-state index contributed by atoms with van der Waals surface area (Å²) in [5.41, 5.74) is 2.21.